The molecule has 1 fully saturated rings. The maximum atomic E-state index is 11.7. The van der Waals surface area contributed by atoms with Gasteiger partial charge in [0.1, 0.15) is 0 Å². The van der Waals surface area contributed by atoms with Gasteiger partial charge in [0, 0.05) is 37.4 Å². The first-order valence-electron chi connectivity index (χ1n) is 7.68. The van der Waals surface area contributed by atoms with Crippen molar-refractivity contribution in [1.29, 1.82) is 0 Å². The average molecular weight is 302 g/mol. The summed E-state index contributed by atoms with van der Waals surface area (Å²) < 4.78 is 7.32. The SMILES string of the molecule is CC(C)c1cn(C)c2c(C(=O)O)cc(N3CCOCC3)cc12. The van der Waals surface area contributed by atoms with Crippen LogP contribution < -0.4 is 4.90 Å². The van der Waals surface area contributed by atoms with Crippen LogP contribution >= 0.6 is 0 Å². The molecule has 118 valence electrons. The molecule has 2 heterocycles. The Bertz CT molecular complexity index is 712. The van der Waals surface area contributed by atoms with Gasteiger partial charge in [-0.3, -0.25) is 0 Å². The number of carboxylic acids is 1. The van der Waals surface area contributed by atoms with Crippen LogP contribution in [0.5, 0.6) is 0 Å². The Labute approximate surface area is 130 Å². The number of hydrogen-bond donors (Lipinski definition) is 1. The molecule has 0 spiro atoms. The highest BCUT2D eigenvalue weighted by Gasteiger charge is 2.21. The highest BCUT2D eigenvalue weighted by atomic mass is 16.5. The lowest BCUT2D eigenvalue weighted by Gasteiger charge is -2.29. The molecular weight excluding hydrogens is 280 g/mol. The lowest BCUT2D eigenvalue weighted by Crippen LogP contribution is -2.36. The minimum Gasteiger partial charge on any atom is -0.478 e. The molecule has 1 N–H and O–H groups in total. The zero-order chi connectivity index (χ0) is 15.9. The molecule has 1 aliphatic heterocycles. The number of aryl methyl sites for hydroxylation is 1. The number of morpholine rings is 1. The Morgan fingerprint density at radius 2 is 1.95 bits per heavy atom. The quantitative estimate of drug-likeness (QED) is 0.947. The van der Waals surface area contributed by atoms with Crippen molar-refractivity contribution in [1.82, 2.24) is 4.57 Å². The Balaban J connectivity index is 2.22. The van der Waals surface area contributed by atoms with Gasteiger partial charge in [-0.25, -0.2) is 4.79 Å². The number of hydrogen-bond acceptors (Lipinski definition) is 3. The monoisotopic (exact) mass is 302 g/mol. The number of anilines is 1. The molecular formula is C17H22N2O3. The van der Waals surface area contributed by atoms with Crippen LogP contribution in [0.4, 0.5) is 5.69 Å². The lowest BCUT2D eigenvalue weighted by atomic mass is 10.00. The highest BCUT2D eigenvalue weighted by molar-refractivity contribution is 6.05. The molecule has 0 radical (unpaired) electrons. The standard InChI is InChI=1S/C17H22N2O3/c1-11(2)15-10-18(3)16-13(15)8-12(9-14(16)17(20)21)19-4-6-22-7-5-19/h8-11H,4-7H2,1-3H3,(H,20,21). The smallest absolute Gasteiger partial charge is 0.337 e. The van der Waals surface area contributed by atoms with Gasteiger partial charge in [-0.15, -0.1) is 0 Å². The van der Waals surface area contributed by atoms with Gasteiger partial charge in [0.05, 0.1) is 24.3 Å². The van der Waals surface area contributed by atoms with Crippen LogP contribution in [-0.4, -0.2) is 41.9 Å². The highest BCUT2D eigenvalue weighted by Crippen LogP contribution is 2.33. The normalized spacial score (nSPS) is 15.7. The number of nitrogens with zero attached hydrogens (tertiary/aromatic N) is 2. The van der Waals surface area contributed by atoms with E-state index in [0.29, 0.717) is 24.7 Å². The summed E-state index contributed by atoms with van der Waals surface area (Å²) in [5.74, 6) is -0.526. The molecule has 0 aliphatic carbocycles. The first kappa shape index (κ1) is 14.9. The number of rotatable bonds is 3. The molecule has 2 aromatic rings. The molecule has 1 aromatic heterocycles. The fourth-order valence-corrected chi connectivity index (χ4v) is 3.19. The molecule has 0 saturated carbocycles. The first-order chi connectivity index (χ1) is 10.5. The van der Waals surface area contributed by atoms with Crippen molar-refractivity contribution < 1.29 is 14.6 Å². The van der Waals surface area contributed by atoms with E-state index in [-0.39, 0.29) is 0 Å². The van der Waals surface area contributed by atoms with Crippen molar-refractivity contribution in [3.8, 4) is 0 Å². The van der Waals surface area contributed by atoms with Gasteiger partial charge in [0.2, 0.25) is 0 Å². The predicted molar refractivity (Wildman–Crippen MR) is 87.0 cm³/mol. The van der Waals surface area contributed by atoms with E-state index in [0.717, 1.165) is 29.7 Å². The Hall–Kier alpha value is -2.01. The Morgan fingerprint density at radius 3 is 2.55 bits per heavy atom. The minimum atomic E-state index is -0.878. The summed E-state index contributed by atoms with van der Waals surface area (Å²) in [4.78, 5) is 13.9. The molecule has 22 heavy (non-hydrogen) atoms. The van der Waals surface area contributed by atoms with Gasteiger partial charge >= 0.3 is 5.97 Å². The van der Waals surface area contributed by atoms with E-state index in [1.807, 2.05) is 17.8 Å². The molecule has 0 amide bonds. The van der Waals surface area contributed by atoms with E-state index in [4.69, 9.17) is 4.74 Å². The van der Waals surface area contributed by atoms with Crippen LogP contribution in [0.15, 0.2) is 18.3 Å². The van der Waals surface area contributed by atoms with E-state index < -0.39 is 5.97 Å². The number of fused-ring (bicyclic) bond motifs is 1. The fourth-order valence-electron chi connectivity index (χ4n) is 3.19. The van der Waals surface area contributed by atoms with Crippen molar-refractivity contribution in [2.45, 2.75) is 19.8 Å². The van der Waals surface area contributed by atoms with Gasteiger partial charge in [0.15, 0.2) is 0 Å². The zero-order valence-electron chi connectivity index (χ0n) is 13.3. The number of aromatic nitrogens is 1. The number of carbonyl (C=O) groups is 1. The molecule has 0 unspecified atom stereocenters. The van der Waals surface area contributed by atoms with E-state index in [9.17, 15) is 9.90 Å². The van der Waals surface area contributed by atoms with Gasteiger partial charge in [0.25, 0.3) is 0 Å². The van der Waals surface area contributed by atoms with Gasteiger partial charge in [-0.05, 0) is 23.6 Å². The van der Waals surface area contributed by atoms with E-state index >= 15 is 0 Å². The van der Waals surface area contributed by atoms with Crippen LogP contribution in [-0.2, 0) is 11.8 Å². The van der Waals surface area contributed by atoms with Crippen LogP contribution in [0.1, 0.15) is 35.7 Å². The summed E-state index contributed by atoms with van der Waals surface area (Å²) in [6, 6.07) is 3.92. The number of aromatic carboxylic acids is 1. The average Bonchev–Trinajstić information content (AvgIpc) is 2.84. The maximum Gasteiger partial charge on any atom is 0.337 e. The fraction of sp³-hybridized carbons (Fsp3) is 0.471. The van der Waals surface area contributed by atoms with Crippen molar-refractivity contribution in [2.24, 2.45) is 7.05 Å². The summed E-state index contributed by atoms with van der Waals surface area (Å²) >= 11 is 0. The topological polar surface area (TPSA) is 54.7 Å². The van der Waals surface area contributed by atoms with Crippen LogP contribution in [0.3, 0.4) is 0 Å². The third-order valence-electron chi connectivity index (χ3n) is 4.32. The lowest BCUT2D eigenvalue weighted by molar-refractivity contribution is 0.0698. The predicted octanol–water partition coefficient (Wildman–Crippen LogP) is 2.84. The largest absolute Gasteiger partial charge is 0.478 e. The second-order valence-corrected chi connectivity index (χ2v) is 6.14. The van der Waals surface area contributed by atoms with Crippen LogP contribution in [0, 0.1) is 0 Å². The van der Waals surface area contributed by atoms with E-state index in [1.54, 1.807) is 6.07 Å². The molecule has 1 saturated heterocycles. The zero-order valence-corrected chi connectivity index (χ0v) is 13.3. The van der Waals surface area contributed by atoms with Crippen LogP contribution in [0.25, 0.3) is 10.9 Å². The molecule has 0 atom stereocenters. The summed E-state index contributed by atoms with van der Waals surface area (Å²) in [5.41, 5.74) is 3.33. The van der Waals surface area contributed by atoms with Crippen molar-refractivity contribution in [3.05, 3.63) is 29.5 Å². The van der Waals surface area contributed by atoms with Crippen molar-refractivity contribution >= 4 is 22.6 Å². The Kier molecular flexibility index (Phi) is 3.83. The molecule has 5 nitrogen and oxygen atoms in total. The van der Waals surface area contributed by atoms with Crippen molar-refractivity contribution in [3.63, 3.8) is 0 Å². The third kappa shape index (κ3) is 2.46. The molecule has 1 aromatic carbocycles. The molecule has 0 bridgehead atoms. The van der Waals surface area contributed by atoms with E-state index in [2.05, 4.69) is 24.8 Å². The summed E-state index contributed by atoms with van der Waals surface area (Å²) in [7, 11) is 1.91. The molecule has 3 rings (SSSR count). The summed E-state index contributed by atoms with van der Waals surface area (Å²) in [6.45, 7) is 7.24. The molecule has 5 heteroatoms. The van der Waals surface area contributed by atoms with Gasteiger partial charge < -0.3 is 19.3 Å². The molecule has 1 aliphatic rings. The van der Waals surface area contributed by atoms with E-state index in [1.165, 1.54) is 5.56 Å². The second-order valence-electron chi connectivity index (χ2n) is 6.14. The minimum absolute atomic E-state index is 0.352. The van der Waals surface area contributed by atoms with Gasteiger partial charge in [-0.1, -0.05) is 13.8 Å². The maximum absolute atomic E-state index is 11.7. The number of benzene rings is 1. The van der Waals surface area contributed by atoms with Crippen molar-refractivity contribution in [2.75, 3.05) is 31.2 Å². The number of carboxylic acid groups (broad SMARTS) is 1. The summed E-state index contributed by atoms with van der Waals surface area (Å²) in [6.07, 6.45) is 2.05. The third-order valence-corrected chi connectivity index (χ3v) is 4.32. The Morgan fingerprint density at radius 1 is 1.27 bits per heavy atom. The van der Waals surface area contributed by atoms with Gasteiger partial charge in [-0.2, -0.15) is 0 Å². The second kappa shape index (κ2) is 5.65. The summed E-state index contributed by atoms with van der Waals surface area (Å²) in [5, 5.41) is 10.7. The number of ether oxygens (including phenoxy) is 1. The first-order valence-corrected chi connectivity index (χ1v) is 7.68. The van der Waals surface area contributed by atoms with Crippen LogP contribution in [0.2, 0.25) is 0 Å².